The molecule has 9 heteroatoms. The van der Waals surface area contributed by atoms with Crippen LogP contribution in [-0.4, -0.2) is 26.8 Å². The van der Waals surface area contributed by atoms with E-state index in [9.17, 15) is 13.2 Å². The van der Waals surface area contributed by atoms with E-state index in [-0.39, 0.29) is 6.54 Å². The average Bonchev–Trinajstić information content (AvgIpc) is 2.73. The van der Waals surface area contributed by atoms with Crippen LogP contribution in [0.5, 0.6) is 0 Å². The normalized spacial score (nSPS) is 11.5. The molecule has 0 aliphatic carbocycles. The lowest BCUT2D eigenvalue weighted by Crippen LogP contribution is -2.29. The molecule has 0 spiro atoms. The van der Waals surface area contributed by atoms with Gasteiger partial charge in [-0.25, -0.2) is 13.8 Å². The summed E-state index contributed by atoms with van der Waals surface area (Å²) >= 11 is 11.9. The number of hydrogen-bond donors (Lipinski definition) is 1. The van der Waals surface area contributed by atoms with Gasteiger partial charge in [-0.15, -0.1) is 0 Å². The third-order valence-electron chi connectivity index (χ3n) is 4.32. The number of amides is 1. The van der Waals surface area contributed by atoms with E-state index in [0.29, 0.717) is 26.9 Å². The second kappa shape index (κ2) is 9.96. The summed E-state index contributed by atoms with van der Waals surface area (Å²) in [6.45, 7) is 0.192. The third kappa shape index (κ3) is 6.30. The molecule has 0 aliphatic heterocycles. The average molecular weight is 476 g/mol. The molecule has 0 saturated heterocycles. The van der Waals surface area contributed by atoms with Crippen molar-refractivity contribution in [1.29, 1.82) is 0 Å². The highest BCUT2D eigenvalue weighted by Crippen LogP contribution is 2.22. The van der Waals surface area contributed by atoms with E-state index in [0.717, 1.165) is 11.8 Å². The van der Waals surface area contributed by atoms with Crippen LogP contribution in [0.15, 0.2) is 77.9 Å². The zero-order chi connectivity index (χ0) is 22.4. The molecular weight excluding hydrogens is 457 g/mol. The minimum Gasteiger partial charge on any atom is -0.267 e. The van der Waals surface area contributed by atoms with Crippen LogP contribution in [0.4, 0.5) is 5.69 Å². The summed E-state index contributed by atoms with van der Waals surface area (Å²) in [5.74, 6) is -0.443. The number of halogens is 2. The number of anilines is 1. The van der Waals surface area contributed by atoms with E-state index < -0.39 is 15.9 Å². The minimum absolute atomic E-state index is 0.192. The van der Waals surface area contributed by atoms with Crippen molar-refractivity contribution in [2.24, 2.45) is 5.10 Å². The number of hydrogen-bond acceptors (Lipinski definition) is 4. The fraction of sp³-hybridized carbons (Fsp3) is 0.0909. The molecule has 0 fully saturated rings. The fourth-order valence-electron chi connectivity index (χ4n) is 2.76. The van der Waals surface area contributed by atoms with Crippen LogP contribution >= 0.6 is 23.2 Å². The van der Waals surface area contributed by atoms with Crippen LogP contribution in [0.1, 0.15) is 21.5 Å². The number of benzene rings is 3. The van der Waals surface area contributed by atoms with E-state index in [1.54, 1.807) is 42.5 Å². The van der Waals surface area contributed by atoms with Crippen LogP contribution in [0, 0.1) is 0 Å². The lowest BCUT2D eigenvalue weighted by molar-refractivity contribution is 0.0955. The Kier molecular flexibility index (Phi) is 7.33. The Morgan fingerprint density at radius 3 is 2.32 bits per heavy atom. The topological polar surface area (TPSA) is 78.8 Å². The van der Waals surface area contributed by atoms with Crippen molar-refractivity contribution in [3.8, 4) is 0 Å². The van der Waals surface area contributed by atoms with Crippen molar-refractivity contribution in [2.75, 3.05) is 10.6 Å². The fourth-order valence-corrected chi connectivity index (χ4v) is 4.11. The molecule has 0 bridgehead atoms. The first-order valence-corrected chi connectivity index (χ1v) is 11.7. The van der Waals surface area contributed by atoms with Crippen molar-refractivity contribution in [3.05, 3.63) is 99.5 Å². The molecular formula is C22H19Cl2N3O3S. The van der Waals surface area contributed by atoms with Gasteiger partial charge >= 0.3 is 0 Å². The Labute approximate surface area is 191 Å². The quantitative estimate of drug-likeness (QED) is 0.396. The maximum atomic E-state index is 12.3. The minimum atomic E-state index is -3.51. The number of hydrazone groups is 1. The molecule has 3 rings (SSSR count). The molecule has 0 radical (unpaired) electrons. The second-order valence-corrected chi connectivity index (χ2v) is 9.42. The smallest absolute Gasteiger partial charge is 0.267 e. The summed E-state index contributed by atoms with van der Waals surface area (Å²) in [5.41, 5.74) is 4.66. The second-order valence-electron chi connectivity index (χ2n) is 6.67. The van der Waals surface area contributed by atoms with Crippen molar-refractivity contribution in [1.82, 2.24) is 5.43 Å². The molecule has 3 aromatic carbocycles. The van der Waals surface area contributed by atoms with Gasteiger partial charge in [-0.1, -0.05) is 59.6 Å². The van der Waals surface area contributed by atoms with Crippen LogP contribution in [0.2, 0.25) is 10.0 Å². The number of rotatable bonds is 7. The molecule has 1 amide bonds. The van der Waals surface area contributed by atoms with Crippen LogP contribution in [0.3, 0.4) is 0 Å². The van der Waals surface area contributed by atoms with Gasteiger partial charge in [-0.2, -0.15) is 5.10 Å². The Hall–Kier alpha value is -2.87. The van der Waals surface area contributed by atoms with Gasteiger partial charge in [0.15, 0.2) is 0 Å². The number of sulfonamides is 1. The molecule has 0 heterocycles. The van der Waals surface area contributed by atoms with Crippen LogP contribution < -0.4 is 9.73 Å². The summed E-state index contributed by atoms with van der Waals surface area (Å²) in [5, 5.41) is 4.82. The molecule has 0 saturated carbocycles. The maximum Gasteiger partial charge on any atom is 0.271 e. The van der Waals surface area contributed by atoms with Gasteiger partial charge in [-0.3, -0.25) is 9.10 Å². The van der Waals surface area contributed by atoms with Gasteiger partial charge in [0, 0.05) is 16.1 Å². The largest absolute Gasteiger partial charge is 0.271 e. The summed E-state index contributed by atoms with van der Waals surface area (Å²) in [6, 6.07) is 20.4. The molecule has 31 heavy (non-hydrogen) atoms. The first kappa shape index (κ1) is 22.8. The van der Waals surface area contributed by atoms with Gasteiger partial charge in [0.25, 0.3) is 5.91 Å². The number of carbonyl (C=O) groups is 1. The van der Waals surface area contributed by atoms with Gasteiger partial charge in [-0.05, 0) is 42.0 Å². The molecule has 6 nitrogen and oxygen atoms in total. The molecule has 0 unspecified atom stereocenters. The molecule has 1 N–H and O–H groups in total. The van der Waals surface area contributed by atoms with Gasteiger partial charge in [0.1, 0.15) is 0 Å². The predicted molar refractivity (Wildman–Crippen MR) is 125 cm³/mol. The zero-order valence-corrected chi connectivity index (χ0v) is 18.8. The highest BCUT2D eigenvalue weighted by molar-refractivity contribution is 7.92. The summed E-state index contributed by atoms with van der Waals surface area (Å²) < 4.78 is 25.9. The van der Waals surface area contributed by atoms with Crippen LogP contribution in [0.25, 0.3) is 0 Å². The number of nitrogens with one attached hydrogen (secondary N) is 1. The summed E-state index contributed by atoms with van der Waals surface area (Å²) in [4.78, 5) is 12.3. The Balaban J connectivity index is 1.71. The lowest BCUT2D eigenvalue weighted by atomic mass is 10.2. The van der Waals surface area contributed by atoms with Crippen molar-refractivity contribution < 1.29 is 13.2 Å². The van der Waals surface area contributed by atoms with Gasteiger partial charge < -0.3 is 0 Å². The number of nitrogens with zero attached hydrogens (tertiary/aromatic N) is 2. The van der Waals surface area contributed by atoms with E-state index in [4.69, 9.17) is 23.2 Å². The number of carbonyl (C=O) groups excluding carboxylic acids is 1. The van der Waals surface area contributed by atoms with Gasteiger partial charge in [0.05, 0.1) is 29.7 Å². The zero-order valence-electron chi connectivity index (χ0n) is 16.5. The highest BCUT2D eigenvalue weighted by atomic mass is 35.5. The summed E-state index contributed by atoms with van der Waals surface area (Å²) in [6.07, 6.45) is 2.56. The first-order valence-electron chi connectivity index (χ1n) is 9.14. The summed E-state index contributed by atoms with van der Waals surface area (Å²) in [7, 11) is -3.51. The SMILES string of the molecule is CS(=O)(=O)N(Cc1ccccc1)c1ccc(C(=O)N/N=C\c2ccc(Cl)cc2Cl)cc1. The highest BCUT2D eigenvalue weighted by Gasteiger charge is 2.18. The standard InChI is InChI=1S/C22H19Cl2N3O3S/c1-31(29,30)27(15-16-5-3-2-4-6-16)20-11-8-17(9-12-20)22(28)26-25-14-18-7-10-19(23)13-21(18)24/h2-14H,15H2,1H3,(H,26,28)/b25-14-. The van der Waals surface area contributed by atoms with E-state index in [1.165, 1.54) is 10.5 Å². The molecule has 0 aromatic heterocycles. The first-order chi connectivity index (χ1) is 14.7. The lowest BCUT2D eigenvalue weighted by Gasteiger charge is -2.22. The van der Waals surface area contributed by atoms with E-state index in [2.05, 4.69) is 10.5 Å². The molecule has 160 valence electrons. The van der Waals surface area contributed by atoms with Crippen molar-refractivity contribution in [2.45, 2.75) is 6.54 Å². The van der Waals surface area contributed by atoms with E-state index >= 15 is 0 Å². The molecule has 0 atom stereocenters. The predicted octanol–water partition coefficient (Wildman–Crippen LogP) is 4.72. The van der Waals surface area contributed by atoms with Crippen molar-refractivity contribution >= 4 is 51.0 Å². The third-order valence-corrected chi connectivity index (χ3v) is 6.02. The molecule has 0 aliphatic rings. The Morgan fingerprint density at radius 1 is 1.03 bits per heavy atom. The van der Waals surface area contributed by atoms with Crippen LogP contribution in [-0.2, 0) is 16.6 Å². The van der Waals surface area contributed by atoms with Crippen molar-refractivity contribution in [3.63, 3.8) is 0 Å². The Bertz CT molecular complexity index is 1200. The molecule has 3 aromatic rings. The Morgan fingerprint density at radius 2 is 1.71 bits per heavy atom. The van der Waals surface area contributed by atoms with E-state index in [1.807, 2.05) is 30.3 Å². The maximum absolute atomic E-state index is 12.3. The monoisotopic (exact) mass is 475 g/mol. The van der Waals surface area contributed by atoms with Gasteiger partial charge in [0.2, 0.25) is 10.0 Å².